The first-order valence-electron chi connectivity index (χ1n) is 7.04. The largest absolute Gasteiger partial charge is 0.434 e. The summed E-state index contributed by atoms with van der Waals surface area (Å²) in [5.74, 6) is -0.268. The molecule has 0 aromatic carbocycles. The number of hydrogen-bond donors (Lipinski definition) is 0. The van der Waals surface area contributed by atoms with Gasteiger partial charge in [-0.2, -0.15) is 13.2 Å². The van der Waals surface area contributed by atoms with Crippen LogP contribution in [0, 0.1) is 5.92 Å². The van der Waals surface area contributed by atoms with E-state index < -0.39 is 45.3 Å². The van der Waals surface area contributed by atoms with Gasteiger partial charge in [0.15, 0.2) is 5.69 Å². The second-order valence-electron chi connectivity index (χ2n) is 5.45. The number of nitrogens with zero attached hydrogens (tertiary/aromatic N) is 1. The highest BCUT2D eigenvalue weighted by molar-refractivity contribution is 8.13. The van der Waals surface area contributed by atoms with Crippen molar-refractivity contribution in [1.82, 2.24) is 4.98 Å². The van der Waals surface area contributed by atoms with Gasteiger partial charge in [-0.3, -0.25) is 9.59 Å². The second kappa shape index (κ2) is 8.48. The Labute approximate surface area is 150 Å². The van der Waals surface area contributed by atoms with E-state index in [0.717, 1.165) is 0 Å². The summed E-state index contributed by atoms with van der Waals surface area (Å²) < 4.78 is 66.8. The Morgan fingerprint density at radius 2 is 1.52 bits per heavy atom. The van der Waals surface area contributed by atoms with Crippen LogP contribution in [0.2, 0.25) is 0 Å². The molecule has 25 heavy (non-hydrogen) atoms. The molecule has 0 amide bonds. The van der Waals surface area contributed by atoms with Crippen LogP contribution in [-0.2, 0) is 12.6 Å². The van der Waals surface area contributed by atoms with Gasteiger partial charge in [-0.1, -0.05) is 37.4 Å². The topological polar surface area (TPSA) is 47.0 Å². The van der Waals surface area contributed by atoms with E-state index in [1.165, 1.54) is 12.5 Å². The molecule has 0 N–H and O–H groups in total. The summed E-state index contributed by atoms with van der Waals surface area (Å²) in [4.78, 5) is 27.3. The number of carbonyl (C=O) groups excluding carboxylic acids is 2. The molecule has 1 aromatic heterocycles. The first kappa shape index (κ1) is 21.9. The molecular weight excluding hydrogens is 385 g/mol. The van der Waals surface area contributed by atoms with Gasteiger partial charge in [0.1, 0.15) is 5.69 Å². The highest BCUT2D eigenvalue weighted by atomic mass is 32.2. The molecule has 3 nitrogen and oxygen atoms in total. The first-order valence-corrected chi connectivity index (χ1v) is 9.49. The quantitative estimate of drug-likeness (QED) is 0.631. The predicted molar refractivity (Wildman–Crippen MR) is 88.4 cm³/mol. The summed E-state index contributed by atoms with van der Waals surface area (Å²) in [5.41, 5.74) is -4.63. The Balaban J connectivity index is 4.05. The van der Waals surface area contributed by atoms with Crippen molar-refractivity contribution >= 4 is 33.8 Å². The zero-order chi connectivity index (χ0) is 19.5. The van der Waals surface area contributed by atoms with Crippen LogP contribution >= 0.6 is 23.5 Å². The van der Waals surface area contributed by atoms with Crippen molar-refractivity contribution in [3.05, 3.63) is 28.1 Å². The third kappa shape index (κ3) is 4.93. The van der Waals surface area contributed by atoms with E-state index in [0.29, 0.717) is 23.5 Å². The molecule has 0 atom stereocenters. The lowest BCUT2D eigenvalue weighted by Crippen LogP contribution is -2.23. The summed E-state index contributed by atoms with van der Waals surface area (Å²) in [6.45, 7) is 3.30. The van der Waals surface area contributed by atoms with Gasteiger partial charge < -0.3 is 0 Å². The van der Waals surface area contributed by atoms with E-state index in [-0.39, 0.29) is 17.9 Å². The molecule has 0 aliphatic carbocycles. The van der Waals surface area contributed by atoms with Gasteiger partial charge in [-0.05, 0) is 30.4 Å². The van der Waals surface area contributed by atoms with Crippen molar-refractivity contribution in [2.24, 2.45) is 5.92 Å². The molecule has 140 valence electrons. The third-order valence-electron chi connectivity index (χ3n) is 3.20. The highest BCUT2D eigenvalue weighted by Crippen LogP contribution is 2.39. The molecule has 1 heterocycles. The van der Waals surface area contributed by atoms with E-state index in [4.69, 9.17) is 0 Å². The van der Waals surface area contributed by atoms with Crippen molar-refractivity contribution in [1.29, 1.82) is 0 Å². The van der Waals surface area contributed by atoms with Crippen molar-refractivity contribution < 1.29 is 31.5 Å². The number of aromatic nitrogens is 1. The van der Waals surface area contributed by atoms with E-state index >= 15 is 0 Å². The molecule has 0 bridgehead atoms. The van der Waals surface area contributed by atoms with Gasteiger partial charge in [0, 0.05) is 0 Å². The van der Waals surface area contributed by atoms with Crippen molar-refractivity contribution in [3.63, 3.8) is 0 Å². The Kier molecular flexibility index (Phi) is 7.42. The van der Waals surface area contributed by atoms with Crippen molar-refractivity contribution in [2.75, 3.05) is 12.5 Å². The molecule has 1 aromatic rings. The van der Waals surface area contributed by atoms with Crippen molar-refractivity contribution in [2.45, 2.75) is 32.9 Å². The summed E-state index contributed by atoms with van der Waals surface area (Å²) >= 11 is 1.09. The number of hydrogen-bond acceptors (Lipinski definition) is 5. The lowest BCUT2D eigenvalue weighted by molar-refractivity contribution is -0.141. The first-order chi connectivity index (χ1) is 11.4. The van der Waals surface area contributed by atoms with Gasteiger partial charge in [0.2, 0.25) is 10.2 Å². The SMILES string of the molecule is CSC(=O)c1c(C(F)F)nc(C(F)(F)F)c(C(=O)SC)c1CC(C)C. The normalized spacial score (nSPS) is 12.1. The molecule has 0 aliphatic heterocycles. The zero-order valence-corrected chi connectivity index (χ0v) is 15.5. The molecule has 0 spiro atoms. The van der Waals surface area contributed by atoms with Crippen LogP contribution in [-0.4, -0.2) is 27.7 Å². The minimum absolute atomic E-state index is 0.130. The number of halogens is 5. The van der Waals surface area contributed by atoms with Crippen LogP contribution < -0.4 is 0 Å². The molecule has 1 rings (SSSR count). The summed E-state index contributed by atoms with van der Waals surface area (Å²) in [6.07, 6.45) is -6.01. The number of carbonyl (C=O) groups is 2. The second-order valence-corrected chi connectivity index (χ2v) is 7.01. The van der Waals surface area contributed by atoms with Crippen LogP contribution in [0.15, 0.2) is 0 Å². The maximum absolute atomic E-state index is 13.4. The maximum Gasteiger partial charge on any atom is 0.434 e. The smallest absolute Gasteiger partial charge is 0.281 e. The summed E-state index contributed by atoms with van der Waals surface area (Å²) in [7, 11) is 0. The summed E-state index contributed by atoms with van der Waals surface area (Å²) in [5, 5.41) is -1.81. The van der Waals surface area contributed by atoms with Gasteiger partial charge in [0.25, 0.3) is 6.43 Å². The van der Waals surface area contributed by atoms with E-state index in [9.17, 15) is 31.5 Å². The fourth-order valence-corrected chi connectivity index (χ4v) is 3.14. The maximum atomic E-state index is 13.4. The highest BCUT2D eigenvalue weighted by Gasteiger charge is 2.42. The van der Waals surface area contributed by atoms with Crippen LogP contribution in [0.25, 0.3) is 0 Å². The van der Waals surface area contributed by atoms with E-state index in [2.05, 4.69) is 4.98 Å². The molecular formula is C15H16F5NO2S2. The molecule has 0 aliphatic rings. The fourth-order valence-electron chi connectivity index (χ4n) is 2.28. The Morgan fingerprint density at radius 1 is 1.04 bits per heavy atom. The Hall–Kier alpha value is -1.16. The van der Waals surface area contributed by atoms with Gasteiger partial charge in [-0.25, -0.2) is 13.8 Å². The minimum Gasteiger partial charge on any atom is -0.281 e. The molecule has 0 radical (unpaired) electrons. The molecule has 0 saturated carbocycles. The van der Waals surface area contributed by atoms with Gasteiger partial charge in [-0.15, -0.1) is 0 Å². The molecule has 0 unspecified atom stereocenters. The Bertz CT molecular complexity index is 675. The zero-order valence-electron chi connectivity index (χ0n) is 13.8. The Morgan fingerprint density at radius 3 is 1.88 bits per heavy atom. The van der Waals surface area contributed by atoms with Crippen LogP contribution in [0.1, 0.15) is 57.9 Å². The summed E-state index contributed by atoms with van der Waals surface area (Å²) in [6, 6.07) is 0. The molecule has 10 heteroatoms. The third-order valence-corrected chi connectivity index (χ3v) is 4.35. The predicted octanol–water partition coefficient (Wildman–Crippen LogP) is 5.24. The average molecular weight is 401 g/mol. The van der Waals surface area contributed by atoms with E-state index in [1.807, 2.05) is 0 Å². The van der Waals surface area contributed by atoms with Crippen LogP contribution in [0.5, 0.6) is 0 Å². The van der Waals surface area contributed by atoms with Crippen LogP contribution in [0.3, 0.4) is 0 Å². The number of pyridine rings is 1. The lowest BCUT2D eigenvalue weighted by Gasteiger charge is -2.21. The lowest BCUT2D eigenvalue weighted by atomic mass is 9.92. The monoisotopic (exact) mass is 401 g/mol. The molecule has 0 saturated heterocycles. The number of thioether (sulfide) groups is 2. The van der Waals surface area contributed by atoms with E-state index in [1.54, 1.807) is 13.8 Å². The molecule has 0 fully saturated rings. The standard InChI is InChI=1S/C15H16F5NO2S2/c1-6(2)5-7-8(13(22)24-3)10(12(16)17)21-11(15(18,19)20)9(7)14(23)25-4/h6,12H,5H2,1-4H3. The van der Waals surface area contributed by atoms with Gasteiger partial charge in [0.05, 0.1) is 11.1 Å². The van der Waals surface area contributed by atoms with Gasteiger partial charge >= 0.3 is 6.18 Å². The minimum atomic E-state index is -5.10. The number of rotatable bonds is 5. The van der Waals surface area contributed by atoms with Crippen molar-refractivity contribution in [3.8, 4) is 0 Å². The average Bonchev–Trinajstić information content (AvgIpc) is 2.50. The number of alkyl halides is 5. The van der Waals surface area contributed by atoms with Crippen LogP contribution in [0.4, 0.5) is 22.0 Å². The fraction of sp³-hybridized carbons (Fsp3) is 0.533.